The molecule has 0 amide bonds. The van der Waals surface area contributed by atoms with Gasteiger partial charge < -0.3 is 15.3 Å². The Morgan fingerprint density at radius 2 is 2.08 bits per heavy atom. The third-order valence-electron chi connectivity index (χ3n) is 5.17. The lowest BCUT2D eigenvalue weighted by Crippen LogP contribution is -2.29. The average molecular weight is 324 g/mol. The van der Waals surface area contributed by atoms with Gasteiger partial charge in [-0.15, -0.1) is 0 Å². The number of aliphatic hydroxyl groups excluding tert-OH is 1. The summed E-state index contributed by atoms with van der Waals surface area (Å²) >= 11 is 0. The van der Waals surface area contributed by atoms with E-state index in [9.17, 15) is 5.11 Å². The minimum atomic E-state index is -0.0549. The number of aromatic nitrogens is 2. The van der Waals surface area contributed by atoms with E-state index in [1.54, 1.807) is 0 Å². The van der Waals surface area contributed by atoms with Gasteiger partial charge in [0, 0.05) is 30.3 Å². The molecule has 0 saturated carbocycles. The molecule has 2 aliphatic rings. The van der Waals surface area contributed by atoms with Gasteiger partial charge >= 0.3 is 0 Å². The van der Waals surface area contributed by atoms with Crippen LogP contribution in [0.1, 0.15) is 49.0 Å². The summed E-state index contributed by atoms with van der Waals surface area (Å²) in [5, 5.41) is 12.5. The largest absolute Gasteiger partial charge is 0.394 e. The summed E-state index contributed by atoms with van der Waals surface area (Å²) in [6.07, 6.45) is 2.05. The summed E-state index contributed by atoms with van der Waals surface area (Å²) < 4.78 is 0. The zero-order valence-electron chi connectivity index (χ0n) is 14.2. The summed E-state index contributed by atoms with van der Waals surface area (Å²) in [4.78, 5) is 11.7. The minimum Gasteiger partial charge on any atom is -0.394 e. The number of anilines is 2. The van der Waals surface area contributed by atoms with Crippen LogP contribution in [0.15, 0.2) is 30.3 Å². The molecular formula is C19H24N4O. The van der Waals surface area contributed by atoms with Crippen molar-refractivity contribution in [2.24, 2.45) is 0 Å². The average Bonchev–Trinajstić information content (AvgIpc) is 3.21. The van der Waals surface area contributed by atoms with Crippen LogP contribution in [-0.4, -0.2) is 34.3 Å². The molecule has 1 aromatic heterocycles. The van der Waals surface area contributed by atoms with Crippen LogP contribution in [0.5, 0.6) is 0 Å². The monoisotopic (exact) mass is 324 g/mol. The number of rotatable bonds is 5. The van der Waals surface area contributed by atoms with Crippen LogP contribution in [0.25, 0.3) is 0 Å². The standard InChI is InChI=1S/C19H24N4O/c1-3-14-9-18(22-19(21-14)20-12(2)11-24)23-10-13-8-17(23)16-7-5-4-6-15(13)16/h4-7,9,12-13,17,24H,3,8,10-11H2,1-2H3,(H,20,21,22)/t12-,13+,17-/m0/s1. The molecule has 2 heterocycles. The highest BCUT2D eigenvalue weighted by molar-refractivity contribution is 5.55. The second-order valence-corrected chi connectivity index (χ2v) is 6.85. The van der Waals surface area contributed by atoms with Crippen LogP contribution < -0.4 is 10.2 Å². The van der Waals surface area contributed by atoms with Gasteiger partial charge in [-0.1, -0.05) is 31.2 Å². The Hall–Kier alpha value is -2.14. The molecule has 0 radical (unpaired) electrons. The number of aryl methyl sites for hydroxylation is 1. The molecule has 5 nitrogen and oxygen atoms in total. The van der Waals surface area contributed by atoms with Crippen LogP contribution in [0.2, 0.25) is 0 Å². The highest BCUT2D eigenvalue weighted by Gasteiger charge is 2.42. The summed E-state index contributed by atoms with van der Waals surface area (Å²) in [5.41, 5.74) is 3.99. The minimum absolute atomic E-state index is 0.0549. The maximum Gasteiger partial charge on any atom is 0.225 e. The zero-order valence-corrected chi connectivity index (χ0v) is 14.2. The molecule has 5 heteroatoms. The Balaban J connectivity index is 1.67. The van der Waals surface area contributed by atoms with Crippen LogP contribution in [0.3, 0.4) is 0 Å². The third-order valence-corrected chi connectivity index (χ3v) is 5.17. The van der Waals surface area contributed by atoms with E-state index < -0.39 is 0 Å². The van der Waals surface area contributed by atoms with Crippen LogP contribution in [-0.2, 0) is 6.42 Å². The van der Waals surface area contributed by atoms with Crippen molar-refractivity contribution in [1.29, 1.82) is 0 Å². The zero-order chi connectivity index (χ0) is 16.7. The molecule has 3 atom stereocenters. The van der Waals surface area contributed by atoms with E-state index in [0.717, 1.165) is 24.5 Å². The molecule has 1 saturated heterocycles. The molecule has 2 bridgehead atoms. The number of aliphatic hydroxyl groups is 1. The van der Waals surface area contributed by atoms with Crippen LogP contribution in [0.4, 0.5) is 11.8 Å². The van der Waals surface area contributed by atoms with Crippen molar-refractivity contribution in [3.63, 3.8) is 0 Å². The number of hydrogen-bond acceptors (Lipinski definition) is 5. The Morgan fingerprint density at radius 3 is 2.83 bits per heavy atom. The number of benzene rings is 1. The fourth-order valence-corrected chi connectivity index (χ4v) is 3.94. The van der Waals surface area contributed by atoms with Crippen LogP contribution in [0, 0.1) is 0 Å². The number of fused-ring (bicyclic) bond motifs is 5. The Kier molecular flexibility index (Phi) is 3.88. The molecule has 0 unspecified atom stereocenters. The summed E-state index contributed by atoms with van der Waals surface area (Å²) in [7, 11) is 0. The SMILES string of the molecule is CCc1cc(N2C[C@H]3C[C@H]2c2ccccc23)nc(N[C@@H](C)CO)n1. The maximum absolute atomic E-state index is 9.27. The van der Waals surface area contributed by atoms with E-state index in [-0.39, 0.29) is 12.6 Å². The van der Waals surface area contributed by atoms with Gasteiger partial charge in [-0.3, -0.25) is 0 Å². The first kappa shape index (κ1) is 15.4. The van der Waals surface area contributed by atoms with Gasteiger partial charge in [0.25, 0.3) is 0 Å². The van der Waals surface area contributed by atoms with Gasteiger partial charge in [-0.2, -0.15) is 4.98 Å². The summed E-state index contributed by atoms with van der Waals surface area (Å²) in [5.74, 6) is 2.22. The number of nitrogens with one attached hydrogen (secondary N) is 1. The van der Waals surface area contributed by atoms with Gasteiger partial charge in [0.1, 0.15) is 5.82 Å². The van der Waals surface area contributed by atoms with Crippen molar-refractivity contribution in [2.45, 2.75) is 44.7 Å². The van der Waals surface area contributed by atoms with E-state index in [2.05, 4.69) is 52.5 Å². The fourth-order valence-electron chi connectivity index (χ4n) is 3.94. The second kappa shape index (κ2) is 6.06. The molecule has 1 aliphatic carbocycles. The van der Waals surface area contributed by atoms with Gasteiger partial charge in [0.2, 0.25) is 5.95 Å². The van der Waals surface area contributed by atoms with Crippen molar-refractivity contribution in [2.75, 3.05) is 23.4 Å². The topological polar surface area (TPSA) is 61.3 Å². The van der Waals surface area contributed by atoms with Gasteiger partial charge in [-0.25, -0.2) is 4.98 Å². The van der Waals surface area contributed by atoms with Gasteiger partial charge in [-0.05, 0) is 30.9 Å². The predicted octanol–water partition coefficient (Wildman–Crippen LogP) is 2.88. The lowest BCUT2D eigenvalue weighted by atomic mass is 9.99. The molecule has 2 N–H and O–H groups in total. The first-order chi connectivity index (χ1) is 11.7. The highest BCUT2D eigenvalue weighted by atomic mass is 16.3. The lowest BCUT2D eigenvalue weighted by molar-refractivity contribution is 0.281. The van der Waals surface area contributed by atoms with Crippen molar-refractivity contribution in [3.8, 4) is 0 Å². The van der Waals surface area contributed by atoms with E-state index in [1.165, 1.54) is 17.5 Å². The maximum atomic E-state index is 9.27. The Labute approximate surface area is 142 Å². The third kappa shape index (κ3) is 2.53. The first-order valence-corrected chi connectivity index (χ1v) is 8.80. The van der Waals surface area contributed by atoms with Crippen molar-refractivity contribution in [3.05, 3.63) is 47.2 Å². The predicted molar refractivity (Wildman–Crippen MR) is 95.5 cm³/mol. The molecule has 4 rings (SSSR count). The molecule has 126 valence electrons. The van der Waals surface area contributed by atoms with E-state index >= 15 is 0 Å². The summed E-state index contributed by atoms with van der Waals surface area (Å²) in [6, 6.07) is 11.3. The molecule has 0 spiro atoms. The molecule has 1 aromatic carbocycles. The van der Waals surface area contributed by atoms with Gasteiger partial charge in [0.15, 0.2) is 0 Å². The van der Waals surface area contributed by atoms with E-state index in [4.69, 9.17) is 4.98 Å². The highest BCUT2D eigenvalue weighted by Crippen LogP contribution is 2.51. The fraction of sp³-hybridized carbons (Fsp3) is 0.474. The van der Waals surface area contributed by atoms with E-state index in [0.29, 0.717) is 17.9 Å². The van der Waals surface area contributed by atoms with Crippen molar-refractivity contribution in [1.82, 2.24) is 9.97 Å². The van der Waals surface area contributed by atoms with Gasteiger partial charge in [0.05, 0.1) is 12.6 Å². The van der Waals surface area contributed by atoms with Crippen LogP contribution >= 0.6 is 0 Å². The van der Waals surface area contributed by atoms with Crippen molar-refractivity contribution >= 4 is 11.8 Å². The first-order valence-electron chi connectivity index (χ1n) is 8.80. The molecule has 24 heavy (non-hydrogen) atoms. The lowest BCUT2D eigenvalue weighted by Gasteiger charge is -2.30. The normalized spacial score (nSPS) is 22.5. The second-order valence-electron chi connectivity index (χ2n) is 6.85. The molecule has 2 aromatic rings. The van der Waals surface area contributed by atoms with Crippen molar-refractivity contribution < 1.29 is 5.11 Å². The Morgan fingerprint density at radius 1 is 1.29 bits per heavy atom. The molecular weight excluding hydrogens is 300 g/mol. The number of nitrogens with zero attached hydrogens (tertiary/aromatic N) is 3. The Bertz CT molecular complexity index is 748. The number of hydrogen-bond donors (Lipinski definition) is 2. The molecule has 1 aliphatic heterocycles. The molecule has 1 fully saturated rings. The smallest absolute Gasteiger partial charge is 0.225 e. The van der Waals surface area contributed by atoms with E-state index in [1.807, 2.05) is 6.92 Å². The summed E-state index contributed by atoms with van der Waals surface area (Å²) in [6.45, 7) is 5.13. The quantitative estimate of drug-likeness (QED) is 0.885.